The first kappa shape index (κ1) is 26.2. The van der Waals surface area contributed by atoms with E-state index in [1.165, 1.54) is 4.90 Å². The number of piperazine rings is 1. The van der Waals surface area contributed by atoms with E-state index in [-0.39, 0.29) is 32.1 Å². The number of carbonyl (C=O) groups is 2. The Morgan fingerprint density at radius 3 is 2.11 bits per heavy atom. The van der Waals surface area contributed by atoms with Crippen LogP contribution in [0.5, 0.6) is 5.75 Å². The summed E-state index contributed by atoms with van der Waals surface area (Å²) in [6, 6.07) is 19.4. The van der Waals surface area contributed by atoms with E-state index in [1.807, 2.05) is 65.6 Å². The lowest BCUT2D eigenvalue weighted by Crippen LogP contribution is -2.52. The summed E-state index contributed by atoms with van der Waals surface area (Å²) in [6.07, 6.45) is 0. The van der Waals surface area contributed by atoms with E-state index in [0.29, 0.717) is 18.7 Å². The van der Waals surface area contributed by atoms with Gasteiger partial charge in [-0.25, -0.2) is 8.78 Å². The summed E-state index contributed by atoms with van der Waals surface area (Å²) in [6.45, 7) is -2.33. The van der Waals surface area contributed by atoms with Crippen molar-refractivity contribution in [2.75, 3.05) is 26.2 Å². The molecule has 1 fully saturated rings. The summed E-state index contributed by atoms with van der Waals surface area (Å²) >= 11 is 0. The van der Waals surface area contributed by atoms with Crippen LogP contribution in [0.3, 0.4) is 0 Å². The van der Waals surface area contributed by atoms with Crippen LogP contribution in [-0.2, 0) is 11.3 Å². The second-order valence-electron chi connectivity index (χ2n) is 8.46. The molecule has 1 heterocycles. The van der Waals surface area contributed by atoms with Gasteiger partial charge in [-0.3, -0.25) is 14.5 Å². The molecule has 0 unspecified atom stereocenters. The predicted octanol–water partition coefficient (Wildman–Crippen LogP) is 4.38. The second kappa shape index (κ2) is 11.9. The molecule has 1 aliphatic rings. The maximum Gasteiger partial charge on any atom is 0.387 e. The van der Waals surface area contributed by atoms with E-state index in [2.05, 4.69) is 10.1 Å². The van der Waals surface area contributed by atoms with Gasteiger partial charge in [0.2, 0.25) is 5.91 Å². The molecule has 1 N–H and O–H groups in total. The molecule has 3 aromatic rings. The third kappa shape index (κ3) is 6.26. The molecule has 6 nitrogen and oxygen atoms in total. The van der Waals surface area contributed by atoms with Crippen molar-refractivity contribution in [3.8, 4) is 5.75 Å². The van der Waals surface area contributed by atoms with Crippen molar-refractivity contribution in [2.24, 2.45) is 0 Å². The zero-order valence-electron chi connectivity index (χ0n) is 19.7. The standard InChI is InChI=1S/C27H25F4N3O3/c28-20-11-12-21(37-27(30)31)23(29)22(20)26(36)34-15-13-33(14-16-34)24(19-9-5-2-6-10-19)25(35)32-17-18-7-3-1-4-8-18/h1-12,24,27H,13-17H2,(H,32,35)/t24-/m1/s1. The fourth-order valence-corrected chi connectivity index (χ4v) is 4.30. The number of halogens is 4. The fraction of sp³-hybridized carbons (Fsp3) is 0.259. The molecule has 0 aliphatic carbocycles. The van der Waals surface area contributed by atoms with Gasteiger partial charge in [-0.15, -0.1) is 0 Å². The van der Waals surface area contributed by atoms with Crippen LogP contribution in [0.15, 0.2) is 72.8 Å². The topological polar surface area (TPSA) is 61.9 Å². The fourth-order valence-electron chi connectivity index (χ4n) is 4.30. The van der Waals surface area contributed by atoms with Crippen molar-refractivity contribution < 1.29 is 31.9 Å². The number of benzene rings is 3. The molecular weight excluding hydrogens is 490 g/mol. The van der Waals surface area contributed by atoms with Crippen molar-refractivity contribution in [3.63, 3.8) is 0 Å². The average molecular weight is 516 g/mol. The van der Waals surface area contributed by atoms with Crippen molar-refractivity contribution in [1.29, 1.82) is 0 Å². The molecule has 1 saturated heterocycles. The number of nitrogens with one attached hydrogen (secondary N) is 1. The Morgan fingerprint density at radius 1 is 0.865 bits per heavy atom. The molecule has 1 aliphatic heterocycles. The first-order valence-corrected chi connectivity index (χ1v) is 11.7. The highest BCUT2D eigenvalue weighted by atomic mass is 19.3. The van der Waals surface area contributed by atoms with Crippen LogP contribution in [0.4, 0.5) is 17.6 Å². The Morgan fingerprint density at radius 2 is 1.49 bits per heavy atom. The lowest BCUT2D eigenvalue weighted by Gasteiger charge is -2.39. The zero-order chi connectivity index (χ0) is 26.4. The van der Waals surface area contributed by atoms with Crippen molar-refractivity contribution in [3.05, 3.63) is 101 Å². The molecule has 0 saturated carbocycles. The van der Waals surface area contributed by atoms with Crippen molar-refractivity contribution in [2.45, 2.75) is 19.2 Å². The molecule has 1 atom stereocenters. The molecular formula is C27H25F4N3O3. The smallest absolute Gasteiger partial charge is 0.387 e. The molecule has 2 amide bonds. The maximum atomic E-state index is 14.6. The minimum Gasteiger partial charge on any atom is -0.432 e. The number of hydrogen-bond donors (Lipinski definition) is 1. The summed E-state index contributed by atoms with van der Waals surface area (Å²) < 4.78 is 58.1. The number of amides is 2. The third-order valence-electron chi connectivity index (χ3n) is 6.13. The van der Waals surface area contributed by atoms with Gasteiger partial charge in [0.1, 0.15) is 17.4 Å². The van der Waals surface area contributed by atoms with Gasteiger partial charge >= 0.3 is 6.61 Å². The van der Waals surface area contributed by atoms with E-state index in [0.717, 1.165) is 11.1 Å². The zero-order valence-corrected chi connectivity index (χ0v) is 19.7. The highest BCUT2D eigenvalue weighted by Gasteiger charge is 2.34. The number of rotatable bonds is 8. The van der Waals surface area contributed by atoms with Crippen LogP contribution in [0.1, 0.15) is 27.5 Å². The van der Waals surface area contributed by atoms with Crippen molar-refractivity contribution in [1.82, 2.24) is 15.1 Å². The summed E-state index contributed by atoms with van der Waals surface area (Å²) in [7, 11) is 0. The van der Waals surface area contributed by atoms with Crippen LogP contribution < -0.4 is 10.1 Å². The molecule has 0 aromatic heterocycles. The van der Waals surface area contributed by atoms with Gasteiger partial charge in [0.15, 0.2) is 11.6 Å². The molecule has 194 valence electrons. The Hall–Kier alpha value is -3.92. The number of nitrogens with zero attached hydrogens (tertiary/aromatic N) is 2. The van der Waals surface area contributed by atoms with E-state index < -0.39 is 41.5 Å². The van der Waals surface area contributed by atoms with Crippen molar-refractivity contribution >= 4 is 11.8 Å². The van der Waals surface area contributed by atoms with Gasteiger partial charge in [0.25, 0.3) is 5.91 Å². The number of carbonyl (C=O) groups excluding carboxylic acids is 2. The second-order valence-corrected chi connectivity index (χ2v) is 8.46. The maximum absolute atomic E-state index is 14.6. The highest BCUT2D eigenvalue weighted by molar-refractivity contribution is 5.95. The van der Waals surface area contributed by atoms with Crippen LogP contribution in [-0.4, -0.2) is 54.4 Å². The summed E-state index contributed by atoms with van der Waals surface area (Å²) in [5, 5.41) is 2.96. The quantitative estimate of drug-likeness (QED) is 0.453. The van der Waals surface area contributed by atoms with E-state index in [1.54, 1.807) is 0 Å². The summed E-state index contributed by atoms with van der Waals surface area (Å²) in [5.41, 5.74) is 0.758. The highest BCUT2D eigenvalue weighted by Crippen LogP contribution is 2.28. The average Bonchev–Trinajstić information content (AvgIpc) is 2.91. The largest absolute Gasteiger partial charge is 0.432 e. The SMILES string of the molecule is O=C(NCc1ccccc1)[C@@H](c1ccccc1)N1CCN(C(=O)c2c(F)ccc(OC(F)F)c2F)CC1. The number of alkyl halides is 2. The molecule has 0 radical (unpaired) electrons. The predicted molar refractivity (Wildman–Crippen MR) is 128 cm³/mol. The summed E-state index contributed by atoms with van der Waals surface area (Å²) in [4.78, 5) is 29.3. The Kier molecular flexibility index (Phi) is 8.39. The molecule has 37 heavy (non-hydrogen) atoms. The first-order valence-electron chi connectivity index (χ1n) is 11.7. The lowest BCUT2D eigenvalue weighted by atomic mass is 10.0. The molecule has 4 rings (SSSR count). The number of hydrogen-bond acceptors (Lipinski definition) is 4. The minimum atomic E-state index is -3.32. The van der Waals surface area contributed by atoms with Gasteiger partial charge in [0.05, 0.1) is 0 Å². The Bertz CT molecular complexity index is 1220. The van der Waals surface area contributed by atoms with Crippen LogP contribution >= 0.6 is 0 Å². The first-order chi connectivity index (χ1) is 17.8. The summed E-state index contributed by atoms with van der Waals surface area (Å²) in [5.74, 6) is -4.75. The molecule has 0 bridgehead atoms. The monoisotopic (exact) mass is 515 g/mol. The van der Waals surface area contributed by atoms with E-state index in [9.17, 15) is 27.2 Å². The van der Waals surface area contributed by atoms with Gasteiger partial charge < -0.3 is 15.0 Å². The van der Waals surface area contributed by atoms with Gasteiger partial charge in [-0.05, 0) is 23.3 Å². The normalized spacial score (nSPS) is 14.9. The van der Waals surface area contributed by atoms with Gasteiger partial charge in [-0.2, -0.15) is 8.78 Å². The molecule has 3 aromatic carbocycles. The van der Waals surface area contributed by atoms with Crippen LogP contribution in [0.25, 0.3) is 0 Å². The van der Waals surface area contributed by atoms with E-state index in [4.69, 9.17) is 0 Å². The van der Waals surface area contributed by atoms with Crippen LogP contribution in [0, 0.1) is 11.6 Å². The number of ether oxygens (including phenoxy) is 1. The lowest BCUT2D eigenvalue weighted by molar-refractivity contribution is -0.127. The van der Waals surface area contributed by atoms with Gasteiger partial charge in [-0.1, -0.05) is 60.7 Å². The molecule has 0 spiro atoms. The minimum absolute atomic E-state index is 0.0763. The van der Waals surface area contributed by atoms with Crippen LogP contribution in [0.2, 0.25) is 0 Å². The molecule has 10 heteroatoms. The Labute approximate surface area is 211 Å². The van der Waals surface area contributed by atoms with E-state index >= 15 is 0 Å². The Balaban J connectivity index is 1.47. The third-order valence-corrected chi connectivity index (χ3v) is 6.13. The van der Waals surface area contributed by atoms with Gasteiger partial charge in [0, 0.05) is 32.7 Å².